The Bertz CT molecular complexity index is 1060. The highest BCUT2D eigenvalue weighted by Crippen LogP contribution is 2.33. The minimum Gasteiger partial charge on any atom is -0.406 e. The Hall–Kier alpha value is -2.37. The summed E-state index contributed by atoms with van der Waals surface area (Å²) in [6.45, 7) is 2.04. The molecule has 0 saturated carbocycles. The molecular weight excluding hydrogens is 470 g/mol. The number of hydrogen-bond acceptors (Lipinski definition) is 3. The predicted octanol–water partition coefficient (Wildman–Crippen LogP) is 7.27. The molecule has 0 N–H and O–H groups in total. The fourth-order valence-electron chi connectivity index (χ4n) is 2.64. The van der Waals surface area contributed by atoms with Gasteiger partial charge in [0.2, 0.25) is 0 Å². The van der Waals surface area contributed by atoms with E-state index in [0.717, 1.165) is 25.8 Å². The maximum absolute atomic E-state index is 6.00. The van der Waals surface area contributed by atoms with E-state index < -0.39 is 0 Å². The highest BCUT2D eigenvalue weighted by atomic mass is 79.9. The number of nitrogens with zero attached hydrogens (tertiary/aromatic N) is 1. The lowest BCUT2D eigenvalue weighted by atomic mass is 10.1. The maximum Gasteiger partial charge on any atom is 0.400 e. The van der Waals surface area contributed by atoms with Crippen molar-refractivity contribution in [2.45, 2.75) is 6.92 Å². The second-order valence-electron chi connectivity index (χ2n) is 6.09. The van der Waals surface area contributed by atoms with Gasteiger partial charge in [-0.1, -0.05) is 49.6 Å². The Labute approximate surface area is 173 Å². The summed E-state index contributed by atoms with van der Waals surface area (Å²) in [5.41, 5.74) is 3.80. The average molecular weight is 485 g/mol. The van der Waals surface area contributed by atoms with E-state index in [1.165, 1.54) is 5.56 Å². The van der Waals surface area contributed by atoms with E-state index in [0.29, 0.717) is 11.5 Å². The Balaban J connectivity index is 1.87. The molecule has 3 nitrogen and oxygen atoms in total. The third-order valence-corrected chi connectivity index (χ3v) is 5.11. The lowest BCUT2D eigenvalue weighted by Crippen LogP contribution is -1.92. The first-order valence-electron chi connectivity index (χ1n) is 8.36. The quantitative estimate of drug-likeness (QED) is 0.306. The largest absolute Gasteiger partial charge is 0.406 e. The van der Waals surface area contributed by atoms with Crippen LogP contribution < -0.4 is 5.75 Å². The van der Waals surface area contributed by atoms with Crippen LogP contribution in [0, 0.1) is 6.92 Å². The van der Waals surface area contributed by atoms with Crippen LogP contribution in [0.2, 0.25) is 0 Å². The SMILES string of the molecule is Cc1ccc(N=c2oc(-c3ccc(Br)cc3)c(-c3ccc(Br)cc3)o2)cc1. The second kappa shape index (κ2) is 7.71. The van der Waals surface area contributed by atoms with E-state index in [2.05, 4.69) is 36.9 Å². The summed E-state index contributed by atoms with van der Waals surface area (Å²) < 4.78 is 14.0. The van der Waals surface area contributed by atoms with E-state index >= 15 is 0 Å². The molecule has 134 valence electrons. The zero-order chi connectivity index (χ0) is 18.8. The van der Waals surface area contributed by atoms with Crippen LogP contribution in [-0.4, -0.2) is 0 Å². The maximum atomic E-state index is 6.00. The molecule has 3 aromatic carbocycles. The first-order chi connectivity index (χ1) is 13.1. The predicted molar refractivity (Wildman–Crippen MR) is 114 cm³/mol. The molecule has 4 aromatic rings. The van der Waals surface area contributed by atoms with Gasteiger partial charge in [-0.15, -0.1) is 0 Å². The van der Waals surface area contributed by atoms with Crippen LogP contribution in [0.3, 0.4) is 0 Å². The number of benzene rings is 3. The van der Waals surface area contributed by atoms with E-state index in [1.807, 2.05) is 79.7 Å². The fourth-order valence-corrected chi connectivity index (χ4v) is 3.17. The molecule has 0 amide bonds. The molecule has 1 heterocycles. The van der Waals surface area contributed by atoms with Gasteiger partial charge in [-0.25, -0.2) is 0 Å². The van der Waals surface area contributed by atoms with Crippen LogP contribution in [0.5, 0.6) is 0 Å². The summed E-state index contributed by atoms with van der Waals surface area (Å²) in [5, 5.41) is 0. The molecule has 5 heteroatoms. The molecule has 4 rings (SSSR count). The Kier molecular flexibility index (Phi) is 5.14. The van der Waals surface area contributed by atoms with E-state index in [1.54, 1.807) is 0 Å². The van der Waals surface area contributed by atoms with Crippen LogP contribution >= 0.6 is 31.9 Å². The van der Waals surface area contributed by atoms with Crippen LogP contribution in [-0.2, 0) is 0 Å². The van der Waals surface area contributed by atoms with Gasteiger partial charge in [0.15, 0.2) is 11.5 Å². The third-order valence-electron chi connectivity index (χ3n) is 4.05. The molecule has 0 fully saturated rings. The van der Waals surface area contributed by atoms with Crippen molar-refractivity contribution in [2.75, 3.05) is 0 Å². The summed E-state index contributed by atoms with van der Waals surface area (Å²) in [7, 11) is 0. The number of aryl methyl sites for hydroxylation is 1. The zero-order valence-corrected chi connectivity index (χ0v) is 17.6. The molecular formula is C22H15Br2NO2. The van der Waals surface area contributed by atoms with Crippen molar-refractivity contribution < 1.29 is 8.83 Å². The summed E-state index contributed by atoms with van der Waals surface area (Å²) in [5.74, 6) is 1.51. The Morgan fingerprint density at radius 2 is 1.07 bits per heavy atom. The lowest BCUT2D eigenvalue weighted by molar-refractivity contribution is 0.376. The van der Waals surface area contributed by atoms with Crippen molar-refractivity contribution in [3.05, 3.63) is 93.1 Å². The van der Waals surface area contributed by atoms with Gasteiger partial charge in [0.1, 0.15) is 0 Å². The van der Waals surface area contributed by atoms with Crippen molar-refractivity contribution in [2.24, 2.45) is 4.99 Å². The van der Waals surface area contributed by atoms with E-state index in [9.17, 15) is 0 Å². The third kappa shape index (κ3) is 4.15. The average Bonchev–Trinajstić information content (AvgIpc) is 3.08. The summed E-state index contributed by atoms with van der Waals surface area (Å²) in [4.78, 5) is 4.50. The lowest BCUT2D eigenvalue weighted by Gasteiger charge is -2.01. The molecule has 0 aliphatic rings. The molecule has 0 atom stereocenters. The number of hydrogen-bond donors (Lipinski definition) is 0. The van der Waals surface area contributed by atoms with Crippen molar-refractivity contribution >= 4 is 37.5 Å². The van der Waals surface area contributed by atoms with Gasteiger partial charge in [0, 0.05) is 20.1 Å². The van der Waals surface area contributed by atoms with Crippen molar-refractivity contribution in [1.29, 1.82) is 0 Å². The second-order valence-corrected chi connectivity index (χ2v) is 7.92. The van der Waals surface area contributed by atoms with Crippen LogP contribution in [0.25, 0.3) is 22.6 Å². The zero-order valence-electron chi connectivity index (χ0n) is 14.4. The molecule has 0 aliphatic carbocycles. The van der Waals surface area contributed by atoms with Gasteiger partial charge < -0.3 is 8.83 Å². The topological polar surface area (TPSA) is 38.6 Å². The molecule has 0 spiro atoms. The van der Waals surface area contributed by atoms with Gasteiger partial charge in [-0.2, -0.15) is 4.99 Å². The van der Waals surface area contributed by atoms with E-state index in [4.69, 9.17) is 8.83 Å². The molecule has 0 radical (unpaired) electrons. The Morgan fingerprint density at radius 1 is 0.630 bits per heavy atom. The van der Waals surface area contributed by atoms with Gasteiger partial charge in [0.05, 0.1) is 5.69 Å². The minimum atomic E-state index is 0.217. The van der Waals surface area contributed by atoms with Gasteiger partial charge in [-0.3, -0.25) is 0 Å². The molecule has 0 bridgehead atoms. The van der Waals surface area contributed by atoms with Crippen LogP contribution in [0.1, 0.15) is 5.56 Å². The van der Waals surface area contributed by atoms with Crippen molar-refractivity contribution in [3.8, 4) is 22.6 Å². The fraction of sp³-hybridized carbons (Fsp3) is 0.0455. The van der Waals surface area contributed by atoms with Crippen molar-refractivity contribution in [1.82, 2.24) is 0 Å². The first-order valence-corrected chi connectivity index (χ1v) is 9.94. The minimum absolute atomic E-state index is 0.217. The molecule has 0 aliphatic heterocycles. The molecule has 0 saturated heterocycles. The summed E-state index contributed by atoms with van der Waals surface area (Å²) in [6.07, 6.45) is 0. The molecule has 0 unspecified atom stereocenters. The monoisotopic (exact) mass is 483 g/mol. The smallest absolute Gasteiger partial charge is 0.400 e. The van der Waals surface area contributed by atoms with Crippen LogP contribution in [0.4, 0.5) is 5.69 Å². The summed E-state index contributed by atoms with van der Waals surface area (Å²) in [6, 6.07) is 23.7. The highest BCUT2D eigenvalue weighted by molar-refractivity contribution is 9.10. The van der Waals surface area contributed by atoms with Crippen molar-refractivity contribution in [3.63, 3.8) is 0 Å². The highest BCUT2D eigenvalue weighted by Gasteiger charge is 2.16. The first kappa shape index (κ1) is 18.0. The molecule has 1 aromatic heterocycles. The van der Waals surface area contributed by atoms with Gasteiger partial charge in [0.25, 0.3) is 0 Å². The normalized spacial score (nSPS) is 10.8. The molecule has 27 heavy (non-hydrogen) atoms. The Morgan fingerprint density at radius 3 is 1.52 bits per heavy atom. The summed E-state index contributed by atoms with van der Waals surface area (Å²) >= 11 is 6.93. The van der Waals surface area contributed by atoms with E-state index in [-0.39, 0.29) is 5.75 Å². The van der Waals surface area contributed by atoms with Gasteiger partial charge in [-0.05, 0) is 67.6 Å². The number of rotatable bonds is 3. The van der Waals surface area contributed by atoms with Gasteiger partial charge >= 0.3 is 5.75 Å². The number of halogens is 2. The standard InChI is InChI=1S/C22H15Br2NO2/c1-14-2-12-19(13-3-14)25-22-26-20(15-4-8-17(23)9-5-15)21(27-22)16-6-10-18(24)11-7-16/h2-13H,1H3. The van der Waals surface area contributed by atoms with Crippen LogP contribution in [0.15, 0.2) is 95.6 Å².